The first-order valence-electron chi connectivity index (χ1n) is 5.86. The van der Waals surface area contributed by atoms with E-state index in [0.29, 0.717) is 19.3 Å². The smallest absolute Gasteiger partial charge is 0.407 e. The average molecular weight is 225 g/mol. The Kier molecular flexibility index (Phi) is 2.48. The van der Waals surface area contributed by atoms with E-state index in [-0.39, 0.29) is 29.2 Å². The number of carboxylic acid groups (broad SMARTS) is 1. The Labute approximate surface area is 95.6 Å². The number of fused-ring (bicyclic) bond motifs is 1. The highest BCUT2D eigenvalue weighted by Gasteiger charge is 2.52. The van der Waals surface area contributed by atoms with Gasteiger partial charge in [-0.2, -0.15) is 0 Å². The van der Waals surface area contributed by atoms with Crippen LogP contribution in [0.2, 0.25) is 0 Å². The number of carbonyl (C=O) groups is 2. The van der Waals surface area contributed by atoms with Gasteiger partial charge in [0.15, 0.2) is 0 Å². The molecule has 2 rings (SSSR count). The second kappa shape index (κ2) is 3.47. The summed E-state index contributed by atoms with van der Waals surface area (Å²) in [5.74, 6) is 0.211. The van der Waals surface area contributed by atoms with E-state index in [4.69, 9.17) is 0 Å². The zero-order chi connectivity index (χ0) is 12.1. The molecule has 3 unspecified atom stereocenters. The molecule has 0 bridgehead atoms. The molecule has 16 heavy (non-hydrogen) atoms. The highest BCUT2D eigenvalue weighted by Crippen LogP contribution is 2.44. The minimum atomic E-state index is -0.873. The first-order chi connectivity index (χ1) is 7.32. The largest absolute Gasteiger partial charge is 0.465 e. The fourth-order valence-electron chi connectivity index (χ4n) is 3.14. The van der Waals surface area contributed by atoms with Crippen molar-refractivity contribution in [2.75, 3.05) is 0 Å². The number of Topliss-reactive ketones (excluding diaryl/α,β-unsaturated/α-hetero) is 1. The van der Waals surface area contributed by atoms with E-state index >= 15 is 0 Å². The lowest BCUT2D eigenvalue weighted by molar-refractivity contribution is -0.120. The maximum absolute atomic E-state index is 11.7. The number of hydrogen-bond donors (Lipinski definition) is 1. The van der Waals surface area contributed by atoms with Crippen LogP contribution in [0.3, 0.4) is 0 Å². The molecule has 4 nitrogen and oxygen atoms in total. The minimum absolute atomic E-state index is 0.0238. The molecule has 1 aliphatic carbocycles. The van der Waals surface area contributed by atoms with Gasteiger partial charge in [-0.1, -0.05) is 20.8 Å². The third-order valence-electron chi connectivity index (χ3n) is 3.96. The lowest BCUT2D eigenvalue weighted by Gasteiger charge is -2.35. The van der Waals surface area contributed by atoms with Crippen LogP contribution >= 0.6 is 0 Å². The lowest BCUT2D eigenvalue weighted by Crippen LogP contribution is -2.46. The van der Waals surface area contributed by atoms with Crippen LogP contribution in [-0.2, 0) is 4.79 Å². The summed E-state index contributed by atoms with van der Waals surface area (Å²) in [6.45, 7) is 6.12. The van der Waals surface area contributed by atoms with Gasteiger partial charge in [-0.15, -0.1) is 0 Å². The molecule has 4 heteroatoms. The van der Waals surface area contributed by atoms with Crippen LogP contribution in [0.25, 0.3) is 0 Å². The van der Waals surface area contributed by atoms with E-state index in [1.165, 1.54) is 4.90 Å². The van der Waals surface area contributed by atoms with Crippen LogP contribution in [-0.4, -0.2) is 34.0 Å². The van der Waals surface area contributed by atoms with Gasteiger partial charge in [0, 0.05) is 24.4 Å². The minimum Gasteiger partial charge on any atom is -0.465 e. The standard InChI is InChI=1S/C12H19NO3/c1-12(2,3)10-6-7-8(4-5-9(7)14)13(10)11(15)16/h7-8,10H,4-6H2,1-3H3,(H,15,16). The number of nitrogens with zero attached hydrogens (tertiary/aromatic N) is 1. The second-order valence-electron chi connectivity index (χ2n) is 5.99. The van der Waals surface area contributed by atoms with Gasteiger partial charge in [-0.25, -0.2) is 4.79 Å². The quantitative estimate of drug-likeness (QED) is 0.687. The van der Waals surface area contributed by atoms with Gasteiger partial charge in [-0.05, 0) is 18.3 Å². The molecule has 1 saturated carbocycles. The molecule has 90 valence electrons. The Morgan fingerprint density at radius 1 is 1.44 bits per heavy atom. The Morgan fingerprint density at radius 2 is 2.06 bits per heavy atom. The van der Waals surface area contributed by atoms with E-state index in [1.807, 2.05) is 20.8 Å². The maximum Gasteiger partial charge on any atom is 0.407 e. The van der Waals surface area contributed by atoms with Crippen molar-refractivity contribution in [1.82, 2.24) is 4.90 Å². The van der Waals surface area contributed by atoms with Crippen molar-refractivity contribution in [2.45, 2.75) is 52.1 Å². The van der Waals surface area contributed by atoms with E-state index in [9.17, 15) is 14.7 Å². The number of ketones is 1. The summed E-state index contributed by atoms with van der Waals surface area (Å²) in [6.07, 6.45) is 1.10. The Bertz CT molecular complexity index is 332. The van der Waals surface area contributed by atoms with Crippen LogP contribution in [0.4, 0.5) is 4.79 Å². The fourth-order valence-corrected chi connectivity index (χ4v) is 3.14. The second-order valence-corrected chi connectivity index (χ2v) is 5.99. The van der Waals surface area contributed by atoms with Crippen molar-refractivity contribution in [3.63, 3.8) is 0 Å². The lowest BCUT2D eigenvalue weighted by atomic mass is 9.83. The molecular formula is C12H19NO3. The molecule has 0 spiro atoms. The summed E-state index contributed by atoms with van der Waals surface area (Å²) in [6, 6.07) is -0.0847. The molecule has 2 fully saturated rings. The van der Waals surface area contributed by atoms with Crippen molar-refractivity contribution in [3.05, 3.63) is 0 Å². The van der Waals surface area contributed by atoms with Gasteiger partial charge >= 0.3 is 6.09 Å². The highest BCUT2D eigenvalue weighted by atomic mass is 16.4. The highest BCUT2D eigenvalue weighted by molar-refractivity contribution is 5.86. The van der Waals surface area contributed by atoms with Crippen LogP contribution < -0.4 is 0 Å². The normalized spacial score (nSPS) is 34.3. The Morgan fingerprint density at radius 3 is 2.56 bits per heavy atom. The average Bonchev–Trinajstić information content (AvgIpc) is 2.64. The number of amides is 1. The third kappa shape index (κ3) is 1.60. The zero-order valence-electron chi connectivity index (χ0n) is 10.1. The van der Waals surface area contributed by atoms with E-state index in [0.717, 1.165) is 0 Å². The van der Waals surface area contributed by atoms with Crippen molar-refractivity contribution in [2.24, 2.45) is 11.3 Å². The number of likely N-dealkylation sites (tertiary alicyclic amines) is 1. The predicted octanol–water partition coefficient (Wildman–Crippen LogP) is 2.13. The summed E-state index contributed by atoms with van der Waals surface area (Å²) < 4.78 is 0. The Balaban J connectivity index is 2.29. The van der Waals surface area contributed by atoms with Gasteiger partial charge in [0.2, 0.25) is 0 Å². The maximum atomic E-state index is 11.7. The molecule has 1 amide bonds. The molecule has 1 aliphatic heterocycles. The zero-order valence-corrected chi connectivity index (χ0v) is 10.1. The third-order valence-corrected chi connectivity index (χ3v) is 3.96. The van der Waals surface area contributed by atoms with Gasteiger partial charge < -0.3 is 10.0 Å². The fraction of sp³-hybridized carbons (Fsp3) is 0.833. The summed E-state index contributed by atoms with van der Waals surface area (Å²) in [7, 11) is 0. The monoisotopic (exact) mass is 225 g/mol. The Hall–Kier alpha value is -1.06. The van der Waals surface area contributed by atoms with Crippen molar-refractivity contribution >= 4 is 11.9 Å². The van der Waals surface area contributed by atoms with Crippen molar-refractivity contribution in [3.8, 4) is 0 Å². The molecule has 1 N–H and O–H groups in total. The van der Waals surface area contributed by atoms with Crippen molar-refractivity contribution in [1.29, 1.82) is 0 Å². The summed E-state index contributed by atoms with van der Waals surface area (Å²) in [4.78, 5) is 24.5. The van der Waals surface area contributed by atoms with Crippen LogP contribution in [0.5, 0.6) is 0 Å². The van der Waals surface area contributed by atoms with Crippen molar-refractivity contribution < 1.29 is 14.7 Å². The first kappa shape index (κ1) is 11.4. The summed E-state index contributed by atoms with van der Waals surface area (Å²) in [5, 5.41) is 9.29. The molecule has 1 saturated heterocycles. The topological polar surface area (TPSA) is 57.6 Å². The molecule has 3 atom stereocenters. The summed E-state index contributed by atoms with van der Waals surface area (Å²) in [5.41, 5.74) is -0.0942. The van der Waals surface area contributed by atoms with Crippen LogP contribution in [0.15, 0.2) is 0 Å². The molecule has 0 aromatic carbocycles. The molecule has 0 radical (unpaired) electrons. The van der Waals surface area contributed by atoms with Crippen LogP contribution in [0, 0.1) is 11.3 Å². The number of rotatable bonds is 0. The van der Waals surface area contributed by atoms with Gasteiger partial charge in [0.05, 0.1) is 0 Å². The van der Waals surface area contributed by atoms with Gasteiger partial charge in [-0.3, -0.25) is 4.79 Å². The van der Waals surface area contributed by atoms with E-state index in [1.54, 1.807) is 0 Å². The van der Waals surface area contributed by atoms with Crippen LogP contribution in [0.1, 0.15) is 40.0 Å². The van der Waals surface area contributed by atoms with E-state index in [2.05, 4.69) is 0 Å². The SMILES string of the molecule is CC(C)(C)C1CC2C(=O)CCC2N1C(=O)O. The first-order valence-corrected chi connectivity index (χ1v) is 5.86. The number of hydrogen-bond acceptors (Lipinski definition) is 2. The molecule has 1 heterocycles. The van der Waals surface area contributed by atoms with Gasteiger partial charge in [0.25, 0.3) is 0 Å². The predicted molar refractivity (Wildman–Crippen MR) is 59.2 cm³/mol. The molecule has 0 aromatic rings. The molecule has 0 aromatic heterocycles. The molecule has 2 aliphatic rings. The van der Waals surface area contributed by atoms with Gasteiger partial charge in [0.1, 0.15) is 5.78 Å². The summed E-state index contributed by atoms with van der Waals surface area (Å²) >= 11 is 0. The van der Waals surface area contributed by atoms with E-state index < -0.39 is 6.09 Å². The number of carbonyl (C=O) groups excluding carboxylic acids is 1. The molecular weight excluding hydrogens is 206 g/mol.